The molecule has 0 saturated heterocycles. The average Bonchev–Trinajstić information content (AvgIpc) is 3.10. The molecule has 0 aliphatic carbocycles. The molecule has 34 heavy (non-hydrogen) atoms. The number of ether oxygens (including phenoxy) is 1. The van der Waals surface area contributed by atoms with Gasteiger partial charge in [0.15, 0.2) is 0 Å². The number of aromatic nitrogens is 1. The van der Waals surface area contributed by atoms with Gasteiger partial charge in [-0.2, -0.15) is 0 Å². The summed E-state index contributed by atoms with van der Waals surface area (Å²) in [6, 6.07) is 20.2. The molecule has 1 heterocycles. The van der Waals surface area contributed by atoms with Gasteiger partial charge in [-0.15, -0.1) is 0 Å². The van der Waals surface area contributed by atoms with Crippen LogP contribution in [0.2, 0.25) is 0 Å². The molecule has 176 valence electrons. The summed E-state index contributed by atoms with van der Waals surface area (Å²) in [5.41, 5.74) is 2.88. The van der Waals surface area contributed by atoms with Crippen LogP contribution in [0, 0.1) is 12.7 Å². The van der Waals surface area contributed by atoms with Crippen molar-refractivity contribution in [2.24, 2.45) is 0 Å². The number of halogens is 1. The quantitative estimate of drug-likeness (QED) is 0.340. The molecule has 0 unspecified atom stereocenters. The number of esters is 1. The molecule has 6 nitrogen and oxygen atoms in total. The van der Waals surface area contributed by atoms with E-state index < -0.39 is 21.8 Å². The van der Waals surface area contributed by atoms with Crippen molar-refractivity contribution in [2.75, 3.05) is 18.6 Å². The minimum absolute atomic E-state index is 0.0877. The van der Waals surface area contributed by atoms with E-state index >= 15 is 0 Å². The minimum atomic E-state index is -4.02. The fourth-order valence-electron chi connectivity index (χ4n) is 4.06. The van der Waals surface area contributed by atoms with Crippen molar-refractivity contribution in [1.82, 2.24) is 3.97 Å². The zero-order valence-electron chi connectivity index (χ0n) is 19.2. The van der Waals surface area contributed by atoms with Crippen molar-refractivity contribution in [3.63, 3.8) is 0 Å². The van der Waals surface area contributed by atoms with Crippen molar-refractivity contribution in [3.05, 3.63) is 89.9 Å². The molecule has 0 aliphatic heterocycles. The SMILES string of the molecule is CCOC(=O)Cc1c(C)n(S(=O)(=O)c2ccc(N(C)c3ccccc3)cc2)c2ccc(F)cc12. The predicted molar refractivity (Wildman–Crippen MR) is 131 cm³/mol. The van der Waals surface area contributed by atoms with Gasteiger partial charge in [-0.05, 0) is 74.0 Å². The molecule has 8 heteroatoms. The van der Waals surface area contributed by atoms with Crippen LogP contribution >= 0.6 is 0 Å². The number of hydrogen-bond acceptors (Lipinski definition) is 5. The normalized spacial score (nSPS) is 11.5. The number of rotatable bonds is 7. The van der Waals surface area contributed by atoms with E-state index in [-0.39, 0.29) is 17.9 Å². The van der Waals surface area contributed by atoms with Gasteiger partial charge in [0, 0.05) is 29.5 Å². The predicted octanol–water partition coefficient (Wildman–Crippen LogP) is 5.20. The van der Waals surface area contributed by atoms with Crippen LogP contribution < -0.4 is 4.90 Å². The maximum atomic E-state index is 14.0. The summed E-state index contributed by atoms with van der Waals surface area (Å²) < 4.78 is 47.6. The molecule has 3 aromatic carbocycles. The van der Waals surface area contributed by atoms with Crippen molar-refractivity contribution in [2.45, 2.75) is 25.2 Å². The molecule has 0 amide bonds. The van der Waals surface area contributed by atoms with E-state index in [1.54, 1.807) is 38.1 Å². The second-order valence-electron chi connectivity index (χ2n) is 7.87. The summed E-state index contributed by atoms with van der Waals surface area (Å²) in [5.74, 6) is -1.01. The zero-order valence-corrected chi connectivity index (χ0v) is 20.0. The lowest BCUT2D eigenvalue weighted by atomic mass is 10.1. The molecule has 0 aliphatic rings. The van der Waals surface area contributed by atoms with E-state index in [4.69, 9.17) is 4.74 Å². The first-order valence-electron chi connectivity index (χ1n) is 10.8. The van der Waals surface area contributed by atoms with Crippen LogP contribution in [0.3, 0.4) is 0 Å². The Morgan fingerprint density at radius 3 is 2.29 bits per heavy atom. The molecule has 0 atom stereocenters. The second kappa shape index (κ2) is 9.30. The van der Waals surface area contributed by atoms with Crippen LogP contribution in [-0.4, -0.2) is 32.0 Å². The van der Waals surface area contributed by atoms with Gasteiger partial charge >= 0.3 is 5.97 Å². The Hall–Kier alpha value is -3.65. The minimum Gasteiger partial charge on any atom is -0.466 e. The molecule has 0 fully saturated rings. The van der Waals surface area contributed by atoms with E-state index in [0.29, 0.717) is 22.2 Å². The number of fused-ring (bicyclic) bond motifs is 1. The molecule has 1 aromatic heterocycles. The van der Waals surface area contributed by atoms with Gasteiger partial charge in [0.1, 0.15) is 5.82 Å². The molecular formula is C26H25FN2O4S. The Morgan fingerprint density at radius 1 is 1.00 bits per heavy atom. The van der Waals surface area contributed by atoms with Gasteiger partial charge < -0.3 is 9.64 Å². The number of carbonyl (C=O) groups excluding carboxylic acids is 1. The number of carbonyl (C=O) groups is 1. The maximum Gasteiger partial charge on any atom is 0.310 e. The van der Waals surface area contributed by atoms with Crippen LogP contribution in [0.4, 0.5) is 15.8 Å². The molecular weight excluding hydrogens is 455 g/mol. The standard InChI is InChI=1S/C26H25FN2O4S/c1-4-33-26(30)17-23-18(2)29(25-15-10-19(27)16-24(23)25)34(31,32)22-13-11-21(12-14-22)28(3)20-8-6-5-7-9-20/h5-16H,4,17H2,1-3H3. The van der Waals surface area contributed by atoms with Gasteiger partial charge in [-0.1, -0.05) is 18.2 Å². The highest BCUT2D eigenvalue weighted by Crippen LogP contribution is 2.32. The molecule has 0 bridgehead atoms. The van der Waals surface area contributed by atoms with Gasteiger partial charge in [0.25, 0.3) is 10.0 Å². The Morgan fingerprint density at radius 2 is 1.65 bits per heavy atom. The first-order valence-corrected chi connectivity index (χ1v) is 12.3. The number of hydrogen-bond donors (Lipinski definition) is 0. The van der Waals surface area contributed by atoms with Crippen LogP contribution in [0.1, 0.15) is 18.2 Å². The lowest BCUT2D eigenvalue weighted by Gasteiger charge is -2.20. The second-order valence-corrected chi connectivity index (χ2v) is 9.65. The number of anilines is 2. The summed E-state index contributed by atoms with van der Waals surface area (Å²) in [7, 11) is -2.12. The number of para-hydroxylation sites is 1. The third kappa shape index (κ3) is 4.28. The lowest BCUT2D eigenvalue weighted by molar-refractivity contribution is -0.142. The van der Waals surface area contributed by atoms with Crippen LogP contribution in [0.15, 0.2) is 77.7 Å². The molecule has 4 aromatic rings. The maximum absolute atomic E-state index is 14.0. The van der Waals surface area contributed by atoms with E-state index in [9.17, 15) is 17.6 Å². The van der Waals surface area contributed by atoms with Crippen LogP contribution in [-0.2, 0) is 26.0 Å². The Balaban J connectivity index is 1.78. The molecule has 0 N–H and O–H groups in total. The first kappa shape index (κ1) is 23.5. The summed E-state index contributed by atoms with van der Waals surface area (Å²) in [5, 5.41) is 0.370. The van der Waals surface area contributed by atoms with Crippen molar-refractivity contribution >= 4 is 38.3 Å². The van der Waals surface area contributed by atoms with Gasteiger partial charge in [0.2, 0.25) is 0 Å². The third-order valence-electron chi connectivity index (χ3n) is 5.78. The Labute approximate surface area is 198 Å². The Bertz CT molecular complexity index is 1450. The topological polar surface area (TPSA) is 68.6 Å². The van der Waals surface area contributed by atoms with Gasteiger partial charge in [-0.3, -0.25) is 4.79 Å². The van der Waals surface area contributed by atoms with Gasteiger partial charge in [0.05, 0.1) is 23.4 Å². The highest BCUT2D eigenvalue weighted by Gasteiger charge is 2.26. The molecule has 4 rings (SSSR count). The van der Waals surface area contributed by atoms with Gasteiger partial charge in [-0.25, -0.2) is 16.8 Å². The fraction of sp³-hybridized carbons (Fsp3) is 0.192. The first-order chi connectivity index (χ1) is 16.2. The van der Waals surface area contributed by atoms with Crippen LogP contribution in [0.25, 0.3) is 10.9 Å². The number of benzene rings is 3. The van der Waals surface area contributed by atoms with Crippen molar-refractivity contribution in [1.29, 1.82) is 0 Å². The summed E-state index contributed by atoms with van der Waals surface area (Å²) in [6.45, 7) is 3.51. The van der Waals surface area contributed by atoms with E-state index in [2.05, 4.69) is 0 Å². The monoisotopic (exact) mass is 480 g/mol. The highest BCUT2D eigenvalue weighted by atomic mass is 32.2. The number of nitrogens with zero attached hydrogens (tertiary/aromatic N) is 2. The zero-order chi connectivity index (χ0) is 24.5. The summed E-state index contributed by atoms with van der Waals surface area (Å²) in [6.07, 6.45) is -0.150. The third-order valence-corrected chi connectivity index (χ3v) is 7.60. The Kier molecular flexibility index (Phi) is 6.43. The lowest BCUT2D eigenvalue weighted by Crippen LogP contribution is -2.16. The van der Waals surface area contributed by atoms with Crippen LogP contribution in [0.5, 0.6) is 0 Å². The van der Waals surface area contributed by atoms with E-state index in [1.807, 2.05) is 42.3 Å². The largest absolute Gasteiger partial charge is 0.466 e. The fourth-order valence-corrected chi connectivity index (χ4v) is 5.64. The molecule has 0 spiro atoms. The summed E-state index contributed by atoms with van der Waals surface area (Å²) in [4.78, 5) is 14.2. The van der Waals surface area contributed by atoms with Crippen molar-refractivity contribution in [3.8, 4) is 0 Å². The van der Waals surface area contributed by atoms with E-state index in [0.717, 1.165) is 11.4 Å². The van der Waals surface area contributed by atoms with E-state index in [1.165, 1.54) is 22.2 Å². The highest BCUT2D eigenvalue weighted by molar-refractivity contribution is 7.90. The summed E-state index contributed by atoms with van der Waals surface area (Å²) >= 11 is 0. The molecule has 0 radical (unpaired) electrons. The average molecular weight is 481 g/mol. The van der Waals surface area contributed by atoms with Crippen molar-refractivity contribution < 1.29 is 22.3 Å². The smallest absolute Gasteiger partial charge is 0.310 e. The molecule has 0 saturated carbocycles.